The first-order chi connectivity index (χ1) is 7.84. The molecule has 2 nitrogen and oxygen atoms in total. The lowest BCUT2D eigenvalue weighted by Crippen LogP contribution is -1.93. The number of aromatic amines is 1. The van der Waals surface area contributed by atoms with Crippen LogP contribution in [0, 0.1) is 0 Å². The van der Waals surface area contributed by atoms with Gasteiger partial charge in [0.05, 0.1) is 11.6 Å². The van der Waals surface area contributed by atoms with Crippen LogP contribution in [0.3, 0.4) is 0 Å². The number of rotatable bonds is 2. The van der Waals surface area contributed by atoms with Crippen LogP contribution < -0.4 is 0 Å². The third kappa shape index (κ3) is 1.63. The maximum absolute atomic E-state index is 6.41. The minimum absolute atomic E-state index is 0.0929. The Morgan fingerprint density at radius 2 is 2.06 bits per heavy atom. The van der Waals surface area contributed by atoms with E-state index >= 15 is 0 Å². The molecule has 1 N–H and O–H groups in total. The van der Waals surface area contributed by atoms with E-state index in [2.05, 4.69) is 28.4 Å². The van der Waals surface area contributed by atoms with Gasteiger partial charge in [-0.15, -0.1) is 11.6 Å². The van der Waals surface area contributed by atoms with Crippen LogP contribution in [0.1, 0.15) is 34.1 Å². The van der Waals surface area contributed by atoms with Crippen molar-refractivity contribution in [3.63, 3.8) is 0 Å². The van der Waals surface area contributed by atoms with Gasteiger partial charge in [0, 0.05) is 11.8 Å². The van der Waals surface area contributed by atoms with Crippen LogP contribution in [0.4, 0.5) is 0 Å². The lowest BCUT2D eigenvalue weighted by Gasteiger charge is -2.09. The van der Waals surface area contributed by atoms with Gasteiger partial charge in [0.15, 0.2) is 0 Å². The normalized spacial score (nSPS) is 16.1. The molecule has 1 heterocycles. The fraction of sp³-hybridized carbons (Fsp3) is 0.308. The zero-order valence-corrected chi connectivity index (χ0v) is 9.67. The van der Waals surface area contributed by atoms with Crippen LogP contribution in [-0.4, -0.2) is 10.2 Å². The maximum atomic E-state index is 6.41. The molecular weight excluding hydrogens is 220 g/mol. The van der Waals surface area contributed by atoms with Crippen LogP contribution in [0.2, 0.25) is 0 Å². The number of fused-ring (bicyclic) bond motifs is 1. The molecular formula is C13H13ClN2. The first-order valence-electron chi connectivity index (χ1n) is 5.59. The number of aromatic nitrogens is 2. The van der Waals surface area contributed by atoms with Gasteiger partial charge in [-0.05, 0) is 36.0 Å². The molecule has 2 aromatic rings. The Bertz CT molecular complexity index is 491. The second-order valence-electron chi connectivity index (χ2n) is 4.28. The summed E-state index contributed by atoms with van der Waals surface area (Å²) in [6.07, 6.45) is 7.32. The number of aryl methyl sites for hydroxylation is 2. The fourth-order valence-corrected chi connectivity index (χ4v) is 2.60. The van der Waals surface area contributed by atoms with Crippen LogP contribution >= 0.6 is 11.6 Å². The largest absolute Gasteiger partial charge is 0.285 e. The topological polar surface area (TPSA) is 28.7 Å². The number of hydrogen-bond acceptors (Lipinski definition) is 1. The highest BCUT2D eigenvalue weighted by Gasteiger charge is 2.16. The van der Waals surface area contributed by atoms with Crippen LogP contribution in [0.5, 0.6) is 0 Å². The quantitative estimate of drug-likeness (QED) is 0.792. The molecule has 0 spiro atoms. The lowest BCUT2D eigenvalue weighted by atomic mass is 10.0. The van der Waals surface area contributed by atoms with Crippen molar-refractivity contribution >= 4 is 11.6 Å². The van der Waals surface area contributed by atoms with E-state index in [4.69, 9.17) is 11.6 Å². The number of nitrogens with zero attached hydrogens (tertiary/aromatic N) is 1. The molecule has 0 aliphatic heterocycles. The van der Waals surface area contributed by atoms with Crippen molar-refractivity contribution in [2.75, 3.05) is 0 Å². The van der Waals surface area contributed by atoms with Gasteiger partial charge >= 0.3 is 0 Å². The van der Waals surface area contributed by atoms with Gasteiger partial charge < -0.3 is 0 Å². The summed E-state index contributed by atoms with van der Waals surface area (Å²) in [4.78, 5) is 0. The number of halogens is 1. The summed E-state index contributed by atoms with van der Waals surface area (Å²) in [5.74, 6) is 0. The van der Waals surface area contributed by atoms with Crippen molar-refractivity contribution in [3.05, 3.63) is 52.8 Å². The summed E-state index contributed by atoms with van der Waals surface area (Å²) in [7, 11) is 0. The van der Waals surface area contributed by atoms with Crippen molar-refractivity contribution in [1.82, 2.24) is 10.2 Å². The van der Waals surface area contributed by atoms with Gasteiger partial charge in [0.25, 0.3) is 0 Å². The van der Waals surface area contributed by atoms with Crippen molar-refractivity contribution in [1.29, 1.82) is 0 Å². The monoisotopic (exact) mass is 232 g/mol. The van der Waals surface area contributed by atoms with Crippen molar-refractivity contribution < 1.29 is 0 Å². The number of nitrogens with one attached hydrogen (secondary N) is 1. The molecule has 82 valence electrons. The first-order valence-corrected chi connectivity index (χ1v) is 6.02. The lowest BCUT2D eigenvalue weighted by molar-refractivity contribution is 0.911. The summed E-state index contributed by atoms with van der Waals surface area (Å²) in [6, 6.07) is 6.59. The molecule has 1 atom stereocenters. The highest BCUT2D eigenvalue weighted by molar-refractivity contribution is 6.22. The second-order valence-corrected chi connectivity index (χ2v) is 4.71. The number of alkyl halides is 1. The number of benzene rings is 1. The van der Waals surface area contributed by atoms with Gasteiger partial charge in [0.2, 0.25) is 0 Å². The molecule has 0 saturated carbocycles. The molecule has 3 rings (SSSR count). The third-order valence-electron chi connectivity index (χ3n) is 3.23. The molecule has 1 aliphatic carbocycles. The predicted octanol–water partition coefficient (Wildman–Crippen LogP) is 3.23. The van der Waals surface area contributed by atoms with Gasteiger partial charge in [-0.25, -0.2) is 0 Å². The molecule has 0 radical (unpaired) electrons. The third-order valence-corrected chi connectivity index (χ3v) is 3.73. The van der Waals surface area contributed by atoms with Crippen molar-refractivity contribution in [2.24, 2.45) is 0 Å². The van der Waals surface area contributed by atoms with E-state index < -0.39 is 0 Å². The summed E-state index contributed by atoms with van der Waals surface area (Å²) in [5.41, 5.74) is 5.15. The predicted molar refractivity (Wildman–Crippen MR) is 64.8 cm³/mol. The standard InChI is InChI=1S/C13H13ClN2/c14-13(12-7-15-16-8-12)11-5-4-9-2-1-3-10(9)6-11/h4-8,13H,1-3H2,(H,15,16). The van der Waals surface area contributed by atoms with Gasteiger partial charge in [-0.2, -0.15) is 5.10 Å². The summed E-state index contributed by atoms with van der Waals surface area (Å²) in [6.45, 7) is 0. The smallest absolute Gasteiger partial charge is 0.0865 e. The Morgan fingerprint density at radius 1 is 1.19 bits per heavy atom. The van der Waals surface area contributed by atoms with E-state index in [9.17, 15) is 0 Å². The van der Waals surface area contributed by atoms with Crippen molar-refractivity contribution in [2.45, 2.75) is 24.6 Å². The molecule has 0 fully saturated rings. The summed E-state index contributed by atoms with van der Waals surface area (Å²) < 4.78 is 0. The highest BCUT2D eigenvalue weighted by atomic mass is 35.5. The number of hydrogen-bond donors (Lipinski definition) is 1. The van der Waals surface area contributed by atoms with E-state index in [1.807, 2.05) is 6.20 Å². The van der Waals surface area contributed by atoms with E-state index in [0.29, 0.717) is 0 Å². The molecule has 1 unspecified atom stereocenters. The van der Waals surface area contributed by atoms with Crippen LogP contribution in [0.25, 0.3) is 0 Å². The highest BCUT2D eigenvalue weighted by Crippen LogP contribution is 2.31. The average Bonchev–Trinajstić information content (AvgIpc) is 2.98. The van der Waals surface area contributed by atoms with Gasteiger partial charge in [-0.3, -0.25) is 5.10 Å². The second kappa shape index (κ2) is 3.95. The summed E-state index contributed by atoms with van der Waals surface area (Å²) >= 11 is 6.41. The van der Waals surface area contributed by atoms with Gasteiger partial charge in [0.1, 0.15) is 0 Å². The van der Waals surface area contributed by atoms with Crippen LogP contribution in [0.15, 0.2) is 30.6 Å². The molecule has 0 bridgehead atoms. The van der Waals surface area contributed by atoms with Crippen molar-refractivity contribution in [3.8, 4) is 0 Å². The minimum atomic E-state index is -0.0929. The van der Waals surface area contributed by atoms with E-state index in [1.54, 1.807) is 6.20 Å². The maximum Gasteiger partial charge on any atom is 0.0865 e. The Hall–Kier alpha value is -1.28. The Balaban J connectivity index is 1.95. The van der Waals surface area contributed by atoms with Crippen LogP contribution in [-0.2, 0) is 12.8 Å². The van der Waals surface area contributed by atoms with E-state index in [1.165, 1.54) is 36.0 Å². The first kappa shape index (κ1) is 9.91. The molecule has 3 heteroatoms. The fourth-order valence-electron chi connectivity index (χ4n) is 2.34. The molecule has 1 aliphatic rings. The van der Waals surface area contributed by atoms with Gasteiger partial charge in [-0.1, -0.05) is 18.2 Å². The molecule has 1 aromatic carbocycles. The zero-order chi connectivity index (χ0) is 11.0. The molecule has 0 saturated heterocycles. The zero-order valence-electron chi connectivity index (χ0n) is 8.91. The summed E-state index contributed by atoms with van der Waals surface area (Å²) in [5, 5.41) is 6.64. The molecule has 16 heavy (non-hydrogen) atoms. The Morgan fingerprint density at radius 3 is 2.88 bits per heavy atom. The number of H-pyrrole nitrogens is 1. The average molecular weight is 233 g/mol. The Kier molecular flexibility index (Phi) is 2.44. The SMILES string of the molecule is ClC(c1cn[nH]c1)c1ccc2c(c1)CCC2. The van der Waals surface area contributed by atoms with E-state index in [0.717, 1.165) is 5.56 Å². The molecule has 1 aromatic heterocycles. The molecule has 0 amide bonds. The minimum Gasteiger partial charge on any atom is -0.285 e. The van der Waals surface area contributed by atoms with E-state index in [-0.39, 0.29) is 5.38 Å². The Labute approximate surface area is 99.6 Å².